The van der Waals surface area contributed by atoms with Crippen LogP contribution >= 0.6 is 34.8 Å². The molecule has 152 valence electrons. The number of hydrogen-bond acceptors (Lipinski definition) is 3. The Labute approximate surface area is 192 Å². The summed E-state index contributed by atoms with van der Waals surface area (Å²) in [4.78, 5) is 4.78. The Hall–Kier alpha value is -2.22. The van der Waals surface area contributed by atoms with Crippen molar-refractivity contribution in [1.82, 2.24) is 4.90 Å². The van der Waals surface area contributed by atoms with Gasteiger partial charge >= 0.3 is 0 Å². The van der Waals surface area contributed by atoms with E-state index in [1.54, 1.807) is 6.07 Å². The monoisotopic (exact) mass is 455 g/mol. The van der Waals surface area contributed by atoms with Crippen LogP contribution in [0.1, 0.15) is 22.7 Å². The first-order valence-corrected chi connectivity index (χ1v) is 10.9. The Morgan fingerprint density at radius 3 is 2.23 bits per heavy atom. The van der Waals surface area contributed by atoms with Crippen LogP contribution in [-0.4, -0.2) is 24.5 Å². The molecule has 4 rings (SSSR count). The van der Waals surface area contributed by atoms with Crippen molar-refractivity contribution in [3.8, 4) is 6.07 Å². The fourth-order valence-corrected chi connectivity index (χ4v) is 4.54. The summed E-state index contributed by atoms with van der Waals surface area (Å²) in [5, 5.41) is 11.0. The molecule has 0 aromatic heterocycles. The molecule has 1 aliphatic heterocycles. The molecule has 1 heterocycles. The number of halogens is 3. The van der Waals surface area contributed by atoms with Gasteiger partial charge in [0.25, 0.3) is 0 Å². The molecule has 0 aliphatic carbocycles. The van der Waals surface area contributed by atoms with Crippen LogP contribution in [0.15, 0.2) is 66.7 Å². The maximum Gasteiger partial charge on any atom is 0.0991 e. The van der Waals surface area contributed by atoms with E-state index in [1.807, 2.05) is 48.5 Å². The molecule has 0 radical (unpaired) electrons. The molecule has 0 unspecified atom stereocenters. The second kappa shape index (κ2) is 9.29. The molecule has 1 saturated heterocycles. The van der Waals surface area contributed by atoms with Gasteiger partial charge in [-0.15, -0.1) is 0 Å². The number of hydrogen-bond donors (Lipinski definition) is 0. The van der Waals surface area contributed by atoms with Gasteiger partial charge in [0.2, 0.25) is 0 Å². The van der Waals surface area contributed by atoms with Gasteiger partial charge < -0.3 is 4.90 Å². The molecule has 3 aromatic carbocycles. The maximum atomic E-state index is 9.01. The van der Waals surface area contributed by atoms with Crippen LogP contribution in [0.3, 0.4) is 0 Å². The van der Waals surface area contributed by atoms with Crippen molar-refractivity contribution in [2.75, 3.05) is 24.5 Å². The van der Waals surface area contributed by atoms with Gasteiger partial charge in [-0.25, -0.2) is 0 Å². The summed E-state index contributed by atoms with van der Waals surface area (Å²) in [7, 11) is 0. The SMILES string of the molecule is N#Cc1ccc(CN2CCN(c3ccc(Cl)cc3Cl)[C@@H](c3ccc(Cl)cc3)C2)cc1. The molecule has 0 spiro atoms. The van der Waals surface area contributed by atoms with Crippen LogP contribution in [0.4, 0.5) is 5.69 Å². The number of piperazine rings is 1. The predicted octanol–water partition coefficient (Wildman–Crippen LogP) is 6.58. The Kier molecular flexibility index (Phi) is 6.51. The van der Waals surface area contributed by atoms with Gasteiger partial charge in [-0.05, 0) is 53.6 Å². The van der Waals surface area contributed by atoms with E-state index in [0.29, 0.717) is 15.6 Å². The molecular formula is C24H20Cl3N3. The van der Waals surface area contributed by atoms with Crippen molar-refractivity contribution in [2.45, 2.75) is 12.6 Å². The fourth-order valence-electron chi connectivity index (χ4n) is 3.90. The normalized spacial score (nSPS) is 17.0. The van der Waals surface area contributed by atoms with E-state index in [1.165, 1.54) is 11.1 Å². The highest BCUT2D eigenvalue weighted by Crippen LogP contribution is 2.37. The first-order chi connectivity index (χ1) is 14.5. The molecule has 0 saturated carbocycles. The summed E-state index contributed by atoms with van der Waals surface area (Å²) in [5.41, 5.74) is 4.05. The molecule has 0 bridgehead atoms. The first kappa shape index (κ1) is 21.0. The predicted molar refractivity (Wildman–Crippen MR) is 124 cm³/mol. The minimum Gasteiger partial charge on any atom is -0.361 e. The van der Waals surface area contributed by atoms with E-state index in [9.17, 15) is 0 Å². The third kappa shape index (κ3) is 4.74. The quantitative estimate of drug-likeness (QED) is 0.444. The average molecular weight is 457 g/mol. The third-order valence-corrected chi connectivity index (χ3v) is 6.22. The topological polar surface area (TPSA) is 30.3 Å². The van der Waals surface area contributed by atoms with Crippen LogP contribution in [-0.2, 0) is 6.54 Å². The Morgan fingerprint density at radius 2 is 1.57 bits per heavy atom. The molecule has 3 nitrogen and oxygen atoms in total. The molecule has 1 atom stereocenters. The molecule has 30 heavy (non-hydrogen) atoms. The van der Waals surface area contributed by atoms with Gasteiger partial charge in [-0.1, -0.05) is 59.1 Å². The second-order valence-electron chi connectivity index (χ2n) is 7.40. The minimum absolute atomic E-state index is 0.132. The lowest BCUT2D eigenvalue weighted by molar-refractivity contribution is 0.215. The van der Waals surface area contributed by atoms with Gasteiger partial charge in [-0.3, -0.25) is 4.90 Å². The second-order valence-corrected chi connectivity index (χ2v) is 8.68. The Balaban J connectivity index is 1.60. The van der Waals surface area contributed by atoms with Crippen molar-refractivity contribution in [2.24, 2.45) is 0 Å². The summed E-state index contributed by atoms with van der Waals surface area (Å²) in [6.07, 6.45) is 0. The standard InChI is InChI=1S/C24H20Cl3N3/c25-20-7-5-19(6-8-20)24-16-29(15-18-3-1-17(14-28)2-4-18)11-12-30(24)23-10-9-21(26)13-22(23)27/h1-10,13,24H,11-12,15-16H2/t24-/m1/s1. The minimum atomic E-state index is 0.132. The molecule has 3 aromatic rings. The van der Waals surface area contributed by atoms with Crippen LogP contribution in [0.25, 0.3) is 0 Å². The largest absolute Gasteiger partial charge is 0.361 e. The number of anilines is 1. The highest BCUT2D eigenvalue weighted by Gasteiger charge is 2.29. The number of nitrogens with zero attached hydrogens (tertiary/aromatic N) is 3. The lowest BCUT2D eigenvalue weighted by atomic mass is 10.0. The van der Waals surface area contributed by atoms with E-state index in [0.717, 1.165) is 36.9 Å². The highest BCUT2D eigenvalue weighted by molar-refractivity contribution is 6.36. The van der Waals surface area contributed by atoms with E-state index in [2.05, 4.69) is 28.0 Å². The maximum absolute atomic E-state index is 9.01. The van der Waals surface area contributed by atoms with E-state index >= 15 is 0 Å². The van der Waals surface area contributed by atoms with Crippen LogP contribution in [0, 0.1) is 11.3 Å². The van der Waals surface area contributed by atoms with Crippen molar-refractivity contribution in [3.05, 3.63) is 98.5 Å². The third-order valence-electron chi connectivity index (χ3n) is 5.43. The number of nitriles is 1. The van der Waals surface area contributed by atoms with Crippen molar-refractivity contribution >= 4 is 40.5 Å². The Morgan fingerprint density at radius 1 is 0.867 bits per heavy atom. The van der Waals surface area contributed by atoms with Gasteiger partial charge in [-0.2, -0.15) is 5.26 Å². The lowest BCUT2D eigenvalue weighted by Crippen LogP contribution is -2.48. The van der Waals surface area contributed by atoms with Gasteiger partial charge in [0.1, 0.15) is 0 Å². The highest BCUT2D eigenvalue weighted by atomic mass is 35.5. The average Bonchev–Trinajstić information content (AvgIpc) is 2.75. The van der Waals surface area contributed by atoms with Crippen LogP contribution in [0.2, 0.25) is 15.1 Å². The summed E-state index contributed by atoms with van der Waals surface area (Å²) in [5.74, 6) is 0. The van der Waals surface area contributed by atoms with Gasteiger partial charge in [0.05, 0.1) is 28.4 Å². The van der Waals surface area contributed by atoms with E-state index in [4.69, 9.17) is 40.1 Å². The van der Waals surface area contributed by atoms with Crippen molar-refractivity contribution in [1.29, 1.82) is 5.26 Å². The summed E-state index contributed by atoms with van der Waals surface area (Å²) < 4.78 is 0. The molecule has 1 fully saturated rings. The zero-order chi connectivity index (χ0) is 21.1. The number of benzene rings is 3. The van der Waals surface area contributed by atoms with Crippen molar-refractivity contribution in [3.63, 3.8) is 0 Å². The zero-order valence-corrected chi connectivity index (χ0v) is 18.5. The zero-order valence-electron chi connectivity index (χ0n) is 16.2. The smallest absolute Gasteiger partial charge is 0.0991 e. The van der Waals surface area contributed by atoms with Crippen LogP contribution in [0.5, 0.6) is 0 Å². The molecule has 0 amide bonds. The Bertz CT molecular complexity index is 1060. The summed E-state index contributed by atoms with van der Waals surface area (Å²) in [6.45, 7) is 3.42. The lowest BCUT2D eigenvalue weighted by Gasteiger charge is -2.43. The van der Waals surface area contributed by atoms with Crippen LogP contribution < -0.4 is 4.90 Å². The number of rotatable bonds is 4. The molecular weight excluding hydrogens is 437 g/mol. The van der Waals surface area contributed by atoms with Crippen molar-refractivity contribution < 1.29 is 0 Å². The molecule has 6 heteroatoms. The summed E-state index contributed by atoms with van der Waals surface area (Å²) in [6, 6.07) is 23.8. The molecule has 1 aliphatic rings. The first-order valence-electron chi connectivity index (χ1n) is 9.72. The fraction of sp³-hybridized carbons (Fsp3) is 0.208. The van der Waals surface area contributed by atoms with Gasteiger partial charge in [0, 0.05) is 36.2 Å². The van der Waals surface area contributed by atoms with E-state index in [-0.39, 0.29) is 6.04 Å². The van der Waals surface area contributed by atoms with Gasteiger partial charge in [0.15, 0.2) is 0 Å². The van der Waals surface area contributed by atoms with E-state index < -0.39 is 0 Å². The summed E-state index contributed by atoms with van der Waals surface area (Å²) >= 11 is 18.8. The molecule has 0 N–H and O–H groups in total.